The fraction of sp³-hybridized carbons (Fsp3) is 0.286. The van der Waals surface area contributed by atoms with E-state index >= 15 is 0 Å². The fourth-order valence-corrected chi connectivity index (χ4v) is 5.51. The minimum Gasteiger partial charge on any atom is -0.477 e. The number of hydrogen-bond donors (Lipinski definition) is 1. The van der Waals surface area contributed by atoms with E-state index in [9.17, 15) is 9.59 Å². The third kappa shape index (κ3) is 6.10. The fourth-order valence-electron chi connectivity index (χ4n) is 3.85. The number of hydrogen-bond acceptors (Lipinski definition) is 6. The molecular formula is C28H29NO4S2. The molecule has 4 rings (SSSR count). The first-order chi connectivity index (χ1) is 17.0. The van der Waals surface area contributed by atoms with E-state index in [1.807, 2.05) is 42.5 Å². The molecule has 1 aromatic carbocycles. The Hall–Kier alpha value is -3.16. The van der Waals surface area contributed by atoms with Crippen LogP contribution < -0.4 is 10.5 Å². The van der Waals surface area contributed by atoms with Crippen LogP contribution in [0.25, 0.3) is 33.6 Å². The van der Waals surface area contributed by atoms with Crippen LogP contribution in [0.15, 0.2) is 57.7 Å². The van der Waals surface area contributed by atoms with Gasteiger partial charge in [0.2, 0.25) is 0 Å². The van der Waals surface area contributed by atoms with E-state index in [4.69, 9.17) is 9.52 Å². The molecule has 3 heterocycles. The molecule has 1 N–H and O–H groups in total. The van der Waals surface area contributed by atoms with Crippen LogP contribution in [-0.4, -0.2) is 24.2 Å². The number of carbonyl (C=O) groups is 1. The smallest absolute Gasteiger partial charge is 0.345 e. The molecule has 0 radical (unpaired) electrons. The Kier molecular flexibility index (Phi) is 8.21. The lowest BCUT2D eigenvalue weighted by Gasteiger charge is -2.24. The minimum absolute atomic E-state index is 0.312. The van der Waals surface area contributed by atoms with E-state index in [0.29, 0.717) is 16.0 Å². The normalized spacial score (nSPS) is 11.5. The van der Waals surface area contributed by atoms with Gasteiger partial charge in [-0.25, -0.2) is 9.59 Å². The second-order valence-corrected chi connectivity index (χ2v) is 10.6. The molecule has 0 bridgehead atoms. The van der Waals surface area contributed by atoms with Gasteiger partial charge in [0.25, 0.3) is 0 Å². The summed E-state index contributed by atoms with van der Waals surface area (Å²) in [4.78, 5) is 29.3. The molecule has 182 valence electrons. The standard InChI is InChI=1S/C28H29NO4S2/c1-3-5-15-29(16-6-4-2)20-8-7-19-17-23(28(32)33-24(19)18-20)25-13-11-21(34-25)9-10-22-12-14-26(35-22)27(30)31/h7-14,17-18H,3-6,15-16H2,1-2H3,(H,30,31). The van der Waals surface area contributed by atoms with Gasteiger partial charge < -0.3 is 14.4 Å². The predicted octanol–water partition coefficient (Wildman–Crippen LogP) is 7.86. The van der Waals surface area contributed by atoms with Crippen LogP contribution >= 0.6 is 22.7 Å². The van der Waals surface area contributed by atoms with Gasteiger partial charge in [-0.1, -0.05) is 26.7 Å². The summed E-state index contributed by atoms with van der Waals surface area (Å²) in [6.45, 7) is 6.39. The first kappa shape index (κ1) is 24.9. The highest BCUT2D eigenvalue weighted by molar-refractivity contribution is 7.16. The third-order valence-corrected chi connectivity index (χ3v) is 7.91. The molecule has 0 saturated heterocycles. The summed E-state index contributed by atoms with van der Waals surface area (Å²) in [5, 5.41) is 9.97. The molecule has 0 unspecified atom stereocenters. The van der Waals surface area contributed by atoms with E-state index in [-0.39, 0.29) is 5.63 Å². The lowest BCUT2D eigenvalue weighted by Crippen LogP contribution is -2.25. The zero-order chi connectivity index (χ0) is 24.8. The number of carboxylic acid groups (broad SMARTS) is 1. The van der Waals surface area contributed by atoms with Crippen molar-refractivity contribution in [3.05, 3.63) is 73.6 Å². The third-order valence-electron chi connectivity index (χ3n) is 5.79. The first-order valence-electron chi connectivity index (χ1n) is 11.9. The summed E-state index contributed by atoms with van der Waals surface area (Å²) in [7, 11) is 0. The van der Waals surface area contributed by atoms with Gasteiger partial charge in [0.05, 0.1) is 5.56 Å². The quantitative estimate of drug-likeness (QED) is 0.209. The number of anilines is 1. The number of rotatable bonds is 11. The van der Waals surface area contributed by atoms with E-state index in [0.717, 1.165) is 64.5 Å². The molecule has 4 aromatic rings. The summed E-state index contributed by atoms with van der Waals surface area (Å²) < 4.78 is 5.76. The Morgan fingerprint density at radius 2 is 1.63 bits per heavy atom. The maximum atomic E-state index is 12.9. The molecule has 0 spiro atoms. The summed E-state index contributed by atoms with van der Waals surface area (Å²) in [5.74, 6) is -0.919. The van der Waals surface area contributed by atoms with Crippen LogP contribution in [0, 0.1) is 0 Å². The van der Waals surface area contributed by atoms with Crippen LogP contribution in [0.1, 0.15) is 59.0 Å². The molecule has 7 heteroatoms. The second kappa shape index (κ2) is 11.5. The SMILES string of the molecule is CCCCN(CCCC)c1ccc2cc(-c3ccc(C=Cc4ccc(C(=O)O)s4)s3)c(=O)oc2c1. The molecule has 0 aliphatic rings. The number of aromatic carboxylic acids is 1. The molecule has 3 aromatic heterocycles. The number of fused-ring (bicyclic) bond motifs is 1. The van der Waals surface area contributed by atoms with Crippen molar-refractivity contribution in [1.29, 1.82) is 0 Å². The Labute approximate surface area is 213 Å². The van der Waals surface area contributed by atoms with Gasteiger partial charge in [0.1, 0.15) is 10.5 Å². The van der Waals surface area contributed by atoms with Crippen molar-refractivity contribution in [2.45, 2.75) is 39.5 Å². The average Bonchev–Trinajstić information content (AvgIpc) is 3.52. The molecule has 0 aliphatic carbocycles. The minimum atomic E-state index is -0.919. The van der Waals surface area contributed by atoms with Crippen molar-refractivity contribution in [3.63, 3.8) is 0 Å². The van der Waals surface area contributed by atoms with Crippen molar-refractivity contribution in [1.82, 2.24) is 0 Å². The topological polar surface area (TPSA) is 70.8 Å². The maximum absolute atomic E-state index is 12.9. The molecule has 5 nitrogen and oxygen atoms in total. The lowest BCUT2D eigenvalue weighted by atomic mass is 10.1. The van der Waals surface area contributed by atoms with Crippen LogP contribution in [-0.2, 0) is 0 Å². The van der Waals surface area contributed by atoms with Crippen molar-refractivity contribution >= 4 is 57.5 Å². The number of benzene rings is 1. The molecule has 0 saturated carbocycles. The molecule has 35 heavy (non-hydrogen) atoms. The van der Waals surface area contributed by atoms with Crippen LogP contribution in [0.2, 0.25) is 0 Å². The van der Waals surface area contributed by atoms with E-state index in [1.165, 1.54) is 22.7 Å². The van der Waals surface area contributed by atoms with Crippen LogP contribution in [0.5, 0.6) is 0 Å². The van der Waals surface area contributed by atoms with Crippen molar-refractivity contribution < 1.29 is 14.3 Å². The van der Waals surface area contributed by atoms with Gasteiger partial charge in [0.15, 0.2) is 0 Å². The zero-order valence-corrected chi connectivity index (χ0v) is 21.6. The van der Waals surface area contributed by atoms with Crippen molar-refractivity contribution in [2.24, 2.45) is 0 Å². The Morgan fingerprint density at radius 3 is 2.29 bits per heavy atom. The summed E-state index contributed by atoms with van der Waals surface area (Å²) in [6.07, 6.45) is 8.37. The van der Waals surface area contributed by atoms with Gasteiger partial charge in [0, 0.05) is 44.9 Å². The number of nitrogens with zero attached hydrogens (tertiary/aromatic N) is 1. The largest absolute Gasteiger partial charge is 0.477 e. The monoisotopic (exact) mass is 507 g/mol. The van der Waals surface area contributed by atoms with Crippen LogP contribution in [0.3, 0.4) is 0 Å². The highest BCUT2D eigenvalue weighted by Gasteiger charge is 2.13. The first-order valence-corrected chi connectivity index (χ1v) is 13.6. The van der Waals surface area contributed by atoms with Crippen molar-refractivity contribution in [3.8, 4) is 10.4 Å². The van der Waals surface area contributed by atoms with Crippen LogP contribution in [0.4, 0.5) is 5.69 Å². The highest BCUT2D eigenvalue weighted by atomic mass is 32.1. The number of unbranched alkanes of at least 4 members (excludes halogenated alkanes) is 2. The Balaban J connectivity index is 1.57. The Morgan fingerprint density at radius 1 is 0.943 bits per heavy atom. The molecular weight excluding hydrogens is 478 g/mol. The second-order valence-electron chi connectivity index (χ2n) is 8.41. The average molecular weight is 508 g/mol. The van der Waals surface area contributed by atoms with E-state index in [1.54, 1.807) is 12.1 Å². The molecule has 0 aliphatic heterocycles. The van der Waals surface area contributed by atoms with E-state index in [2.05, 4.69) is 24.8 Å². The van der Waals surface area contributed by atoms with Gasteiger partial charge in [-0.15, -0.1) is 22.7 Å². The summed E-state index contributed by atoms with van der Waals surface area (Å²) in [6, 6.07) is 15.3. The molecule has 0 atom stereocenters. The van der Waals surface area contributed by atoms with E-state index < -0.39 is 5.97 Å². The molecule has 0 amide bonds. The maximum Gasteiger partial charge on any atom is 0.345 e. The summed E-state index contributed by atoms with van der Waals surface area (Å²) >= 11 is 2.73. The predicted molar refractivity (Wildman–Crippen MR) is 148 cm³/mol. The Bertz CT molecular complexity index is 1390. The van der Waals surface area contributed by atoms with Crippen molar-refractivity contribution in [2.75, 3.05) is 18.0 Å². The number of thiophene rings is 2. The van der Waals surface area contributed by atoms with Gasteiger partial charge in [-0.3, -0.25) is 0 Å². The van der Waals surface area contributed by atoms with Gasteiger partial charge in [-0.2, -0.15) is 0 Å². The zero-order valence-electron chi connectivity index (χ0n) is 20.0. The summed E-state index contributed by atoms with van der Waals surface area (Å²) in [5.41, 5.74) is 1.91. The van der Waals surface area contributed by atoms with Gasteiger partial charge >= 0.3 is 11.6 Å². The highest BCUT2D eigenvalue weighted by Crippen LogP contribution is 2.31. The lowest BCUT2D eigenvalue weighted by molar-refractivity contribution is 0.0702. The number of carboxylic acids is 1. The van der Waals surface area contributed by atoms with Gasteiger partial charge in [-0.05, 0) is 67.5 Å². The molecule has 0 fully saturated rings.